The number of imidazole rings is 1. The van der Waals surface area contributed by atoms with E-state index in [1.54, 1.807) is 7.05 Å². The first-order valence-electron chi connectivity index (χ1n) is 10.2. The SMILES string of the molecule is CC[NH+](CC)CCNc1nc2c(c(=O)n(C)c(=O)n2C)n1[C@H](C)c1ccccc1. The topological polar surface area (TPSA) is 78.3 Å². The van der Waals surface area contributed by atoms with Gasteiger partial charge in [0.25, 0.3) is 5.56 Å². The third-order valence-corrected chi connectivity index (χ3v) is 5.72. The number of aromatic nitrogens is 4. The van der Waals surface area contributed by atoms with E-state index >= 15 is 0 Å². The van der Waals surface area contributed by atoms with Gasteiger partial charge in [-0.2, -0.15) is 4.98 Å². The highest BCUT2D eigenvalue weighted by Crippen LogP contribution is 2.26. The van der Waals surface area contributed by atoms with Crippen molar-refractivity contribution in [3.05, 3.63) is 56.7 Å². The fourth-order valence-corrected chi connectivity index (χ4v) is 3.75. The predicted octanol–water partition coefficient (Wildman–Crippen LogP) is 0.380. The van der Waals surface area contributed by atoms with E-state index in [9.17, 15) is 9.59 Å². The molecule has 1 atom stereocenters. The van der Waals surface area contributed by atoms with Crippen LogP contribution in [0.3, 0.4) is 0 Å². The van der Waals surface area contributed by atoms with E-state index in [0.717, 1.165) is 36.3 Å². The van der Waals surface area contributed by atoms with Gasteiger partial charge < -0.3 is 10.2 Å². The highest BCUT2D eigenvalue weighted by Gasteiger charge is 2.23. The van der Waals surface area contributed by atoms with Crippen LogP contribution in [0.15, 0.2) is 39.9 Å². The summed E-state index contributed by atoms with van der Waals surface area (Å²) < 4.78 is 4.50. The van der Waals surface area contributed by atoms with Crippen molar-refractivity contribution in [3.63, 3.8) is 0 Å². The summed E-state index contributed by atoms with van der Waals surface area (Å²) in [5.41, 5.74) is 1.20. The summed E-state index contributed by atoms with van der Waals surface area (Å²) in [5, 5.41) is 3.41. The number of hydrogen-bond donors (Lipinski definition) is 2. The number of rotatable bonds is 8. The molecule has 0 radical (unpaired) electrons. The van der Waals surface area contributed by atoms with Crippen LogP contribution in [0.5, 0.6) is 0 Å². The second-order valence-electron chi connectivity index (χ2n) is 7.40. The molecule has 156 valence electrons. The standard InChI is InChI=1S/C21H30N6O2/c1-6-26(7-2)14-13-22-20-23-18-17(19(28)25(5)21(29)24(18)4)27(20)15(3)16-11-9-8-10-12-16/h8-12,15H,6-7,13-14H2,1-5H3,(H,22,23)/p+1/t15-/m1/s1. The normalized spacial score (nSPS) is 12.6. The number of likely N-dealkylation sites (N-methyl/N-ethyl adjacent to an activating group) is 1. The lowest BCUT2D eigenvalue weighted by Crippen LogP contribution is -3.12. The van der Waals surface area contributed by atoms with Crippen molar-refractivity contribution in [2.75, 3.05) is 31.5 Å². The number of hydrogen-bond acceptors (Lipinski definition) is 4. The van der Waals surface area contributed by atoms with E-state index in [0.29, 0.717) is 17.1 Å². The van der Waals surface area contributed by atoms with Gasteiger partial charge in [-0.05, 0) is 26.3 Å². The smallest absolute Gasteiger partial charge is 0.332 e. The van der Waals surface area contributed by atoms with Crippen LogP contribution >= 0.6 is 0 Å². The predicted molar refractivity (Wildman–Crippen MR) is 116 cm³/mol. The highest BCUT2D eigenvalue weighted by molar-refractivity contribution is 5.74. The van der Waals surface area contributed by atoms with Gasteiger partial charge in [-0.1, -0.05) is 30.3 Å². The first-order chi connectivity index (χ1) is 13.9. The number of nitrogens with zero attached hydrogens (tertiary/aromatic N) is 4. The van der Waals surface area contributed by atoms with Gasteiger partial charge in [-0.15, -0.1) is 0 Å². The quantitative estimate of drug-likeness (QED) is 0.574. The summed E-state index contributed by atoms with van der Waals surface area (Å²) in [4.78, 5) is 31.5. The Morgan fingerprint density at radius 2 is 1.72 bits per heavy atom. The summed E-state index contributed by atoms with van der Waals surface area (Å²) in [6, 6.07) is 9.89. The fraction of sp³-hybridized carbons (Fsp3) is 0.476. The minimum absolute atomic E-state index is 0.116. The highest BCUT2D eigenvalue weighted by atomic mass is 16.2. The number of anilines is 1. The molecule has 2 N–H and O–H groups in total. The fourth-order valence-electron chi connectivity index (χ4n) is 3.75. The Balaban J connectivity index is 2.14. The maximum atomic E-state index is 13.0. The zero-order chi connectivity index (χ0) is 21.1. The zero-order valence-electron chi connectivity index (χ0n) is 17.9. The average Bonchev–Trinajstić information content (AvgIpc) is 3.13. The van der Waals surface area contributed by atoms with Gasteiger partial charge >= 0.3 is 5.69 Å². The number of benzene rings is 1. The van der Waals surface area contributed by atoms with Crippen LogP contribution in [0.4, 0.5) is 5.95 Å². The summed E-state index contributed by atoms with van der Waals surface area (Å²) in [5.74, 6) is 0.612. The van der Waals surface area contributed by atoms with Crippen molar-refractivity contribution in [1.29, 1.82) is 0 Å². The van der Waals surface area contributed by atoms with Gasteiger partial charge in [0.15, 0.2) is 11.2 Å². The Bertz CT molecular complexity index is 1090. The van der Waals surface area contributed by atoms with Crippen LogP contribution in [0.2, 0.25) is 0 Å². The molecule has 0 spiro atoms. The second kappa shape index (κ2) is 8.65. The van der Waals surface area contributed by atoms with Gasteiger partial charge in [0.2, 0.25) is 5.95 Å². The van der Waals surface area contributed by atoms with Crippen LogP contribution in [-0.4, -0.2) is 44.9 Å². The Morgan fingerprint density at radius 3 is 2.34 bits per heavy atom. The first kappa shape index (κ1) is 20.9. The van der Waals surface area contributed by atoms with E-state index in [1.807, 2.05) is 41.8 Å². The molecule has 2 heterocycles. The Morgan fingerprint density at radius 1 is 1.07 bits per heavy atom. The number of quaternary nitrogens is 1. The first-order valence-corrected chi connectivity index (χ1v) is 10.2. The second-order valence-corrected chi connectivity index (χ2v) is 7.40. The molecule has 8 nitrogen and oxygen atoms in total. The zero-order valence-corrected chi connectivity index (χ0v) is 17.9. The molecule has 0 aliphatic heterocycles. The molecule has 0 saturated heterocycles. The van der Waals surface area contributed by atoms with Gasteiger partial charge in [-0.3, -0.25) is 18.5 Å². The monoisotopic (exact) mass is 399 g/mol. The molecular weight excluding hydrogens is 368 g/mol. The van der Waals surface area contributed by atoms with Crippen molar-refractivity contribution in [2.45, 2.75) is 26.8 Å². The molecule has 8 heteroatoms. The molecule has 2 aromatic heterocycles. The minimum atomic E-state index is -0.376. The number of fused-ring (bicyclic) bond motifs is 1. The lowest BCUT2D eigenvalue weighted by atomic mass is 10.1. The summed E-state index contributed by atoms with van der Waals surface area (Å²) >= 11 is 0. The van der Waals surface area contributed by atoms with Crippen LogP contribution in [0, 0.1) is 0 Å². The molecule has 0 amide bonds. The van der Waals surface area contributed by atoms with Crippen molar-refractivity contribution < 1.29 is 4.90 Å². The van der Waals surface area contributed by atoms with Gasteiger partial charge in [-0.25, -0.2) is 4.79 Å². The summed E-state index contributed by atoms with van der Waals surface area (Å²) in [6.07, 6.45) is 0. The third-order valence-electron chi connectivity index (χ3n) is 5.72. The molecule has 0 aliphatic rings. The van der Waals surface area contributed by atoms with E-state index in [1.165, 1.54) is 16.5 Å². The van der Waals surface area contributed by atoms with E-state index in [4.69, 9.17) is 0 Å². The van der Waals surface area contributed by atoms with Crippen LogP contribution in [-0.2, 0) is 14.1 Å². The number of nitrogens with one attached hydrogen (secondary N) is 2. The molecule has 1 aromatic carbocycles. The number of aryl methyl sites for hydroxylation is 1. The van der Waals surface area contributed by atoms with E-state index in [2.05, 4.69) is 24.1 Å². The van der Waals surface area contributed by atoms with E-state index in [-0.39, 0.29) is 17.3 Å². The van der Waals surface area contributed by atoms with Crippen molar-refractivity contribution >= 4 is 17.1 Å². The van der Waals surface area contributed by atoms with Crippen molar-refractivity contribution in [1.82, 2.24) is 18.7 Å². The molecule has 0 fully saturated rings. The molecule has 0 saturated carbocycles. The molecule has 0 bridgehead atoms. The third kappa shape index (κ3) is 3.85. The average molecular weight is 400 g/mol. The molecule has 3 aromatic rings. The molecule has 0 aliphatic carbocycles. The largest absolute Gasteiger partial charge is 0.350 e. The van der Waals surface area contributed by atoms with Crippen molar-refractivity contribution in [2.24, 2.45) is 14.1 Å². The molecule has 0 unspecified atom stereocenters. The van der Waals surface area contributed by atoms with Crippen molar-refractivity contribution in [3.8, 4) is 0 Å². The molecule has 29 heavy (non-hydrogen) atoms. The maximum Gasteiger partial charge on any atom is 0.332 e. The van der Waals surface area contributed by atoms with Crippen LogP contribution < -0.4 is 21.5 Å². The Kier molecular flexibility index (Phi) is 6.22. The Labute approximate surface area is 170 Å². The lowest BCUT2D eigenvalue weighted by molar-refractivity contribution is -0.894. The minimum Gasteiger partial charge on any atom is -0.350 e. The summed E-state index contributed by atoms with van der Waals surface area (Å²) in [6.45, 7) is 10.2. The molecular formula is C21H31N6O2+. The van der Waals surface area contributed by atoms with Crippen LogP contribution in [0.25, 0.3) is 11.2 Å². The maximum absolute atomic E-state index is 13.0. The molecule has 3 rings (SSSR count). The van der Waals surface area contributed by atoms with E-state index < -0.39 is 0 Å². The van der Waals surface area contributed by atoms with Gasteiger partial charge in [0.05, 0.1) is 32.2 Å². The van der Waals surface area contributed by atoms with Gasteiger partial charge in [0, 0.05) is 14.1 Å². The van der Waals surface area contributed by atoms with Crippen LogP contribution in [0.1, 0.15) is 32.4 Å². The Hall–Kier alpha value is -2.87. The summed E-state index contributed by atoms with van der Waals surface area (Å²) in [7, 11) is 3.16. The van der Waals surface area contributed by atoms with Gasteiger partial charge in [0.1, 0.15) is 0 Å². The lowest BCUT2D eigenvalue weighted by Gasteiger charge is -2.20.